The maximum Gasteiger partial charge on any atom is 0.260 e. The predicted molar refractivity (Wildman–Crippen MR) is 117 cm³/mol. The van der Waals surface area contributed by atoms with Gasteiger partial charge in [-0.05, 0) is 25.5 Å². The topological polar surface area (TPSA) is 85.1 Å². The first kappa shape index (κ1) is 20.1. The van der Waals surface area contributed by atoms with Crippen molar-refractivity contribution in [3.63, 3.8) is 0 Å². The molecule has 0 unspecified atom stereocenters. The lowest BCUT2D eigenvalue weighted by Gasteiger charge is -2.34. The molecule has 32 heavy (non-hydrogen) atoms. The molecule has 0 spiro atoms. The molecule has 164 valence electrons. The van der Waals surface area contributed by atoms with Crippen molar-refractivity contribution in [2.75, 3.05) is 25.7 Å². The van der Waals surface area contributed by atoms with E-state index in [2.05, 4.69) is 5.16 Å². The number of benzene rings is 2. The van der Waals surface area contributed by atoms with Crippen LogP contribution in [0.1, 0.15) is 22.5 Å². The number of ether oxygens (including phenoxy) is 2. The third-order valence-electron chi connectivity index (χ3n) is 6.20. The summed E-state index contributed by atoms with van der Waals surface area (Å²) >= 11 is 0. The quantitative estimate of drug-likeness (QED) is 0.614. The summed E-state index contributed by atoms with van der Waals surface area (Å²) in [6.45, 7) is 2.14. The molecule has 2 bridgehead atoms. The van der Waals surface area contributed by atoms with Gasteiger partial charge >= 0.3 is 0 Å². The van der Waals surface area contributed by atoms with E-state index in [1.54, 1.807) is 49.1 Å². The van der Waals surface area contributed by atoms with E-state index in [1.165, 1.54) is 0 Å². The van der Waals surface area contributed by atoms with Crippen LogP contribution in [-0.2, 0) is 4.79 Å². The molecule has 8 heteroatoms. The van der Waals surface area contributed by atoms with E-state index in [-0.39, 0.29) is 17.9 Å². The lowest BCUT2D eigenvalue weighted by Crippen LogP contribution is -2.52. The van der Waals surface area contributed by atoms with Crippen LogP contribution in [0.25, 0.3) is 11.3 Å². The zero-order chi connectivity index (χ0) is 22.4. The second kappa shape index (κ2) is 7.71. The molecule has 0 N–H and O–H groups in total. The molecule has 2 aromatic carbocycles. The number of rotatable bonds is 5. The minimum absolute atomic E-state index is 0.128. The highest BCUT2D eigenvalue weighted by Crippen LogP contribution is 2.42. The fraction of sp³-hybridized carbons (Fsp3) is 0.292. The molecule has 2 aliphatic rings. The SMILES string of the molecule is COc1ccc(OC)c(N2C(=O)[C@@H]3C[C@H]2CN3C(=O)c2c(-c3ccccc3)noc2C)c1. The molecule has 2 amide bonds. The fourth-order valence-electron chi connectivity index (χ4n) is 4.66. The molecule has 0 aliphatic carbocycles. The molecule has 3 aromatic rings. The maximum absolute atomic E-state index is 13.5. The Hall–Kier alpha value is -3.81. The van der Waals surface area contributed by atoms with Gasteiger partial charge in [0.1, 0.15) is 34.6 Å². The average molecular weight is 433 g/mol. The number of anilines is 1. The van der Waals surface area contributed by atoms with Gasteiger partial charge in [-0.2, -0.15) is 0 Å². The minimum Gasteiger partial charge on any atom is -0.497 e. The Labute approximate surface area is 185 Å². The Bertz CT molecular complexity index is 1190. The van der Waals surface area contributed by atoms with Gasteiger partial charge in [-0.15, -0.1) is 0 Å². The van der Waals surface area contributed by atoms with Crippen LogP contribution < -0.4 is 14.4 Å². The highest BCUT2D eigenvalue weighted by atomic mass is 16.5. The summed E-state index contributed by atoms with van der Waals surface area (Å²) in [5, 5.41) is 4.12. The van der Waals surface area contributed by atoms with Crippen molar-refractivity contribution in [1.29, 1.82) is 0 Å². The van der Waals surface area contributed by atoms with Crippen LogP contribution in [0.2, 0.25) is 0 Å². The number of hydrogen-bond donors (Lipinski definition) is 0. The summed E-state index contributed by atoms with van der Waals surface area (Å²) in [4.78, 5) is 30.3. The zero-order valence-electron chi connectivity index (χ0n) is 18.1. The Balaban J connectivity index is 1.45. The number of amides is 2. The second-order valence-corrected chi connectivity index (χ2v) is 7.94. The minimum atomic E-state index is -0.540. The summed E-state index contributed by atoms with van der Waals surface area (Å²) in [6.07, 6.45) is 0.565. The van der Waals surface area contributed by atoms with Crippen molar-refractivity contribution in [1.82, 2.24) is 10.1 Å². The summed E-state index contributed by atoms with van der Waals surface area (Å²) in [7, 11) is 3.15. The van der Waals surface area contributed by atoms with Crippen molar-refractivity contribution >= 4 is 17.5 Å². The molecule has 2 saturated heterocycles. The van der Waals surface area contributed by atoms with E-state index in [4.69, 9.17) is 14.0 Å². The molecule has 2 aliphatic heterocycles. The van der Waals surface area contributed by atoms with Gasteiger partial charge in [0.2, 0.25) is 5.91 Å². The van der Waals surface area contributed by atoms with Crippen LogP contribution in [0.3, 0.4) is 0 Å². The zero-order valence-corrected chi connectivity index (χ0v) is 18.1. The number of likely N-dealkylation sites (tertiary alicyclic amines) is 1. The number of piperazine rings is 1. The standard InChI is InChI=1S/C24H23N3O5/c1-14-21(22(25-32-14)15-7-5-4-6-8-15)24(29)26-13-16-11-19(26)23(28)27(16)18-12-17(30-2)9-10-20(18)31-3/h4-10,12,16,19H,11,13H2,1-3H3/t16-,19-/m0/s1. The molecule has 2 atom stereocenters. The molecule has 3 heterocycles. The lowest BCUT2D eigenvalue weighted by atomic mass is 10.0. The molecule has 8 nitrogen and oxygen atoms in total. The highest BCUT2D eigenvalue weighted by Gasteiger charge is 2.53. The van der Waals surface area contributed by atoms with Gasteiger partial charge in [0, 0.05) is 18.2 Å². The van der Waals surface area contributed by atoms with E-state index in [9.17, 15) is 9.59 Å². The molecule has 0 saturated carbocycles. The Morgan fingerprint density at radius 1 is 1.12 bits per heavy atom. The van der Waals surface area contributed by atoms with E-state index in [1.807, 2.05) is 30.3 Å². The van der Waals surface area contributed by atoms with Gasteiger partial charge < -0.3 is 23.8 Å². The average Bonchev–Trinajstić information content (AvgIpc) is 3.51. The highest BCUT2D eigenvalue weighted by molar-refractivity contribution is 6.08. The second-order valence-electron chi connectivity index (χ2n) is 7.94. The number of hydrogen-bond acceptors (Lipinski definition) is 6. The fourth-order valence-corrected chi connectivity index (χ4v) is 4.66. The molecular weight excluding hydrogens is 410 g/mol. The summed E-state index contributed by atoms with van der Waals surface area (Å²) < 4.78 is 16.2. The first-order valence-corrected chi connectivity index (χ1v) is 10.4. The molecule has 5 rings (SSSR count). The molecule has 2 fully saturated rings. The molecular formula is C24H23N3O5. The van der Waals surface area contributed by atoms with E-state index >= 15 is 0 Å². The smallest absolute Gasteiger partial charge is 0.260 e. The predicted octanol–water partition coefficient (Wildman–Crippen LogP) is 3.30. The number of aromatic nitrogens is 1. The maximum atomic E-state index is 13.5. The molecule has 1 aromatic heterocycles. The number of nitrogens with zero attached hydrogens (tertiary/aromatic N) is 3. The van der Waals surface area contributed by atoms with Crippen molar-refractivity contribution in [2.24, 2.45) is 0 Å². The third-order valence-corrected chi connectivity index (χ3v) is 6.20. The summed E-state index contributed by atoms with van der Waals surface area (Å²) in [6, 6.07) is 14.1. The van der Waals surface area contributed by atoms with Gasteiger partial charge in [-0.3, -0.25) is 9.59 Å². The van der Waals surface area contributed by atoms with Crippen molar-refractivity contribution < 1.29 is 23.6 Å². The van der Waals surface area contributed by atoms with Crippen LogP contribution in [0.5, 0.6) is 11.5 Å². The van der Waals surface area contributed by atoms with Crippen LogP contribution in [-0.4, -0.2) is 54.7 Å². The normalized spacial score (nSPS) is 19.5. The van der Waals surface area contributed by atoms with Gasteiger partial charge in [0.05, 0.1) is 25.9 Å². The van der Waals surface area contributed by atoms with Gasteiger partial charge in [0.25, 0.3) is 5.91 Å². The summed E-state index contributed by atoms with van der Waals surface area (Å²) in [5.74, 6) is 1.30. The Morgan fingerprint density at radius 2 is 1.91 bits per heavy atom. The van der Waals surface area contributed by atoms with Crippen molar-refractivity contribution in [2.45, 2.75) is 25.4 Å². The first-order valence-electron chi connectivity index (χ1n) is 10.4. The van der Waals surface area contributed by atoms with Crippen LogP contribution in [0, 0.1) is 6.92 Å². The Morgan fingerprint density at radius 3 is 2.59 bits per heavy atom. The lowest BCUT2D eigenvalue weighted by molar-refractivity contribution is -0.121. The van der Waals surface area contributed by atoms with Crippen LogP contribution >= 0.6 is 0 Å². The third kappa shape index (κ3) is 3.02. The Kier molecular flexibility index (Phi) is 4.84. The monoisotopic (exact) mass is 433 g/mol. The first-order chi connectivity index (χ1) is 15.5. The van der Waals surface area contributed by atoms with Gasteiger partial charge in [0.15, 0.2) is 0 Å². The van der Waals surface area contributed by atoms with Crippen LogP contribution in [0.15, 0.2) is 53.1 Å². The van der Waals surface area contributed by atoms with Crippen molar-refractivity contribution in [3.05, 3.63) is 59.9 Å². The number of aryl methyl sites for hydroxylation is 1. The van der Waals surface area contributed by atoms with Gasteiger partial charge in [-0.1, -0.05) is 35.5 Å². The number of methoxy groups -OCH3 is 2. The molecule has 0 radical (unpaired) electrons. The van der Waals surface area contributed by atoms with E-state index in [0.29, 0.717) is 47.2 Å². The van der Waals surface area contributed by atoms with Crippen LogP contribution in [0.4, 0.5) is 5.69 Å². The number of fused-ring (bicyclic) bond motifs is 2. The van der Waals surface area contributed by atoms with Gasteiger partial charge in [-0.25, -0.2) is 0 Å². The number of carbonyl (C=O) groups is 2. The van der Waals surface area contributed by atoms with E-state index < -0.39 is 6.04 Å². The summed E-state index contributed by atoms with van der Waals surface area (Å²) in [5.41, 5.74) is 2.35. The van der Waals surface area contributed by atoms with Crippen molar-refractivity contribution in [3.8, 4) is 22.8 Å². The largest absolute Gasteiger partial charge is 0.497 e. The number of carbonyl (C=O) groups excluding carboxylic acids is 2. The van der Waals surface area contributed by atoms with E-state index in [0.717, 1.165) is 5.56 Å².